The van der Waals surface area contributed by atoms with Crippen LogP contribution in [0.15, 0.2) is 0 Å². The predicted molar refractivity (Wildman–Crippen MR) is 79.5 cm³/mol. The predicted octanol–water partition coefficient (Wildman–Crippen LogP) is 0.0671. The van der Waals surface area contributed by atoms with Gasteiger partial charge in [-0.05, 0) is 18.8 Å². The quantitative estimate of drug-likeness (QED) is 0.799. The second kappa shape index (κ2) is 7.22. The van der Waals surface area contributed by atoms with Crippen LogP contribution in [-0.2, 0) is 14.3 Å². The first-order chi connectivity index (χ1) is 10.0. The SMILES string of the molecule is CC(C)C(=O)N1CCN(C(=O)C(N)C2CCOCC2)CC1. The minimum atomic E-state index is -0.429. The van der Waals surface area contributed by atoms with E-state index < -0.39 is 6.04 Å². The van der Waals surface area contributed by atoms with E-state index in [1.165, 1.54) is 0 Å². The molecular weight excluding hydrogens is 270 g/mol. The van der Waals surface area contributed by atoms with Crippen molar-refractivity contribution in [3.63, 3.8) is 0 Å². The summed E-state index contributed by atoms with van der Waals surface area (Å²) in [6.07, 6.45) is 1.72. The van der Waals surface area contributed by atoms with Crippen molar-refractivity contribution in [2.75, 3.05) is 39.4 Å². The van der Waals surface area contributed by atoms with Crippen LogP contribution in [0.25, 0.3) is 0 Å². The topological polar surface area (TPSA) is 75.9 Å². The summed E-state index contributed by atoms with van der Waals surface area (Å²) in [5.41, 5.74) is 6.14. The van der Waals surface area contributed by atoms with Gasteiger partial charge in [0.2, 0.25) is 11.8 Å². The molecule has 21 heavy (non-hydrogen) atoms. The lowest BCUT2D eigenvalue weighted by molar-refractivity contribution is -0.143. The Morgan fingerprint density at radius 1 is 1.00 bits per heavy atom. The zero-order valence-electron chi connectivity index (χ0n) is 13.1. The van der Waals surface area contributed by atoms with Crippen LogP contribution in [0.2, 0.25) is 0 Å². The third kappa shape index (κ3) is 3.95. The lowest BCUT2D eigenvalue weighted by atomic mass is 9.91. The van der Waals surface area contributed by atoms with Gasteiger partial charge in [0, 0.05) is 45.3 Å². The van der Waals surface area contributed by atoms with Gasteiger partial charge in [0.05, 0.1) is 6.04 Å². The molecule has 0 bridgehead atoms. The van der Waals surface area contributed by atoms with E-state index in [-0.39, 0.29) is 23.7 Å². The van der Waals surface area contributed by atoms with Crippen LogP contribution in [0.5, 0.6) is 0 Å². The molecule has 2 aliphatic heterocycles. The standard InChI is InChI=1S/C15H27N3O3/c1-11(2)14(19)17-5-7-18(8-6-17)15(20)13(16)12-3-9-21-10-4-12/h11-13H,3-10,16H2,1-2H3. The van der Waals surface area contributed by atoms with E-state index >= 15 is 0 Å². The van der Waals surface area contributed by atoms with Crippen LogP contribution in [0.3, 0.4) is 0 Å². The van der Waals surface area contributed by atoms with Crippen LogP contribution in [0.1, 0.15) is 26.7 Å². The highest BCUT2D eigenvalue weighted by molar-refractivity contribution is 5.83. The van der Waals surface area contributed by atoms with Crippen LogP contribution >= 0.6 is 0 Å². The van der Waals surface area contributed by atoms with Crippen molar-refractivity contribution in [3.8, 4) is 0 Å². The molecule has 0 saturated carbocycles. The van der Waals surface area contributed by atoms with E-state index in [9.17, 15) is 9.59 Å². The monoisotopic (exact) mass is 297 g/mol. The lowest BCUT2D eigenvalue weighted by Gasteiger charge is -2.38. The highest BCUT2D eigenvalue weighted by atomic mass is 16.5. The number of hydrogen-bond donors (Lipinski definition) is 1. The molecule has 1 atom stereocenters. The molecule has 2 amide bonds. The summed E-state index contributed by atoms with van der Waals surface area (Å²) in [6, 6.07) is -0.429. The smallest absolute Gasteiger partial charge is 0.239 e. The fraction of sp³-hybridized carbons (Fsp3) is 0.867. The number of rotatable bonds is 3. The lowest BCUT2D eigenvalue weighted by Crippen LogP contribution is -2.56. The van der Waals surface area contributed by atoms with Crippen LogP contribution in [0.4, 0.5) is 0 Å². The fourth-order valence-corrected chi connectivity index (χ4v) is 3.00. The van der Waals surface area contributed by atoms with Gasteiger partial charge in [0.15, 0.2) is 0 Å². The Hall–Kier alpha value is -1.14. The molecule has 2 fully saturated rings. The highest BCUT2D eigenvalue weighted by Crippen LogP contribution is 2.19. The van der Waals surface area contributed by atoms with Gasteiger partial charge in [-0.3, -0.25) is 9.59 Å². The number of ether oxygens (including phenoxy) is 1. The average Bonchev–Trinajstić information content (AvgIpc) is 2.53. The molecule has 0 radical (unpaired) electrons. The second-order valence-corrected chi connectivity index (χ2v) is 6.28. The zero-order valence-corrected chi connectivity index (χ0v) is 13.1. The number of nitrogens with two attached hydrogens (primary N) is 1. The normalized spacial score (nSPS) is 22.5. The molecule has 2 aliphatic rings. The third-order valence-corrected chi connectivity index (χ3v) is 4.46. The van der Waals surface area contributed by atoms with E-state index in [1.807, 2.05) is 23.6 Å². The fourth-order valence-electron chi connectivity index (χ4n) is 3.00. The molecule has 1 unspecified atom stereocenters. The first-order valence-electron chi connectivity index (χ1n) is 7.91. The number of hydrogen-bond acceptors (Lipinski definition) is 4. The van der Waals surface area contributed by atoms with Crippen molar-refractivity contribution in [1.29, 1.82) is 0 Å². The van der Waals surface area contributed by atoms with E-state index in [0.29, 0.717) is 39.4 Å². The maximum Gasteiger partial charge on any atom is 0.239 e. The summed E-state index contributed by atoms with van der Waals surface area (Å²) in [5.74, 6) is 0.424. The summed E-state index contributed by atoms with van der Waals surface area (Å²) in [6.45, 7) is 7.61. The average molecular weight is 297 g/mol. The number of amides is 2. The van der Waals surface area contributed by atoms with Gasteiger partial charge < -0.3 is 20.3 Å². The Bertz CT molecular complexity index is 372. The van der Waals surface area contributed by atoms with Crippen molar-refractivity contribution < 1.29 is 14.3 Å². The van der Waals surface area contributed by atoms with E-state index in [0.717, 1.165) is 12.8 Å². The van der Waals surface area contributed by atoms with Crippen molar-refractivity contribution in [3.05, 3.63) is 0 Å². The molecule has 2 heterocycles. The van der Waals surface area contributed by atoms with E-state index in [4.69, 9.17) is 10.5 Å². The summed E-state index contributed by atoms with van der Waals surface area (Å²) >= 11 is 0. The molecule has 0 aromatic carbocycles. The molecule has 0 aromatic heterocycles. The molecule has 2 N–H and O–H groups in total. The van der Waals surface area contributed by atoms with E-state index in [1.54, 1.807) is 0 Å². The van der Waals surface area contributed by atoms with Gasteiger partial charge in [-0.1, -0.05) is 13.8 Å². The van der Waals surface area contributed by atoms with Crippen molar-refractivity contribution >= 4 is 11.8 Å². The molecule has 2 rings (SSSR count). The molecule has 2 saturated heterocycles. The first kappa shape index (κ1) is 16.2. The molecule has 6 heteroatoms. The van der Waals surface area contributed by atoms with Crippen molar-refractivity contribution in [1.82, 2.24) is 9.80 Å². The van der Waals surface area contributed by atoms with Gasteiger partial charge >= 0.3 is 0 Å². The Morgan fingerprint density at radius 3 is 1.95 bits per heavy atom. The second-order valence-electron chi connectivity index (χ2n) is 6.28. The number of carbonyl (C=O) groups excluding carboxylic acids is 2. The summed E-state index contributed by atoms with van der Waals surface area (Å²) < 4.78 is 5.31. The number of piperazine rings is 1. The molecule has 0 spiro atoms. The minimum absolute atomic E-state index is 0.0109. The molecular formula is C15H27N3O3. The van der Waals surface area contributed by atoms with E-state index in [2.05, 4.69) is 0 Å². The van der Waals surface area contributed by atoms with Crippen LogP contribution < -0.4 is 5.73 Å². The van der Waals surface area contributed by atoms with Crippen molar-refractivity contribution in [2.24, 2.45) is 17.6 Å². The Kier molecular flexibility index (Phi) is 5.58. The highest BCUT2D eigenvalue weighted by Gasteiger charge is 2.32. The number of nitrogens with zero attached hydrogens (tertiary/aromatic N) is 2. The first-order valence-corrected chi connectivity index (χ1v) is 7.91. The zero-order chi connectivity index (χ0) is 15.4. The summed E-state index contributed by atoms with van der Waals surface area (Å²) in [7, 11) is 0. The molecule has 6 nitrogen and oxygen atoms in total. The maximum atomic E-state index is 12.5. The molecule has 120 valence electrons. The maximum absolute atomic E-state index is 12.5. The Morgan fingerprint density at radius 2 is 1.48 bits per heavy atom. The van der Waals surface area contributed by atoms with Gasteiger partial charge in [-0.15, -0.1) is 0 Å². The molecule has 0 aliphatic carbocycles. The third-order valence-electron chi connectivity index (χ3n) is 4.46. The van der Waals surface area contributed by atoms with Gasteiger partial charge in [-0.25, -0.2) is 0 Å². The van der Waals surface area contributed by atoms with Gasteiger partial charge in [0.1, 0.15) is 0 Å². The largest absolute Gasteiger partial charge is 0.381 e. The Balaban J connectivity index is 1.83. The van der Waals surface area contributed by atoms with Gasteiger partial charge in [-0.2, -0.15) is 0 Å². The van der Waals surface area contributed by atoms with Crippen LogP contribution in [-0.4, -0.2) is 67.0 Å². The molecule has 0 aromatic rings. The summed E-state index contributed by atoms with van der Waals surface area (Å²) in [5, 5.41) is 0. The van der Waals surface area contributed by atoms with Crippen molar-refractivity contribution in [2.45, 2.75) is 32.7 Å². The Labute approximate surface area is 126 Å². The summed E-state index contributed by atoms with van der Waals surface area (Å²) in [4.78, 5) is 28.1. The van der Waals surface area contributed by atoms with Crippen LogP contribution in [0, 0.1) is 11.8 Å². The number of carbonyl (C=O) groups is 2. The van der Waals surface area contributed by atoms with Gasteiger partial charge in [0.25, 0.3) is 0 Å². The minimum Gasteiger partial charge on any atom is -0.381 e.